The number of hydrogen-bond donors (Lipinski definition) is 0. The Hall–Kier alpha value is -6.20. The largest absolute Gasteiger partial charge is 0.456 e. The number of hydrogen-bond acceptors (Lipinski definition) is 4. The van der Waals surface area contributed by atoms with Gasteiger partial charge < -0.3 is 13.4 Å². The van der Waals surface area contributed by atoms with Crippen LogP contribution in [0.3, 0.4) is 0 Å². The summed E-state index contributed by atoms with van der Waals surface area (Å²) in [6.07, 6.45) is 0. The van der Waals surface area contributed by atoms with Crippen molar-refractivity contribution in [2.24, 2.45) is 0 Å². The fourth-order valence-electron chi connectivity index (χ4n) is 6.94. The summed E-state index contributed by atoms with van der Waals surface area (Å²) in [6.45, 7) is 0. The Morgan fingerprint density at radius 3 is 2.04 bits per heavy atom. The average molecular weight is 578 g/mol. The third-order valence-corrected chi connectivity index (χ3v) is 8.84. The zero-order chi connectivity index (χ0) is 29.5. The maximum absolute atomic E-state index is 6.66. The van der Waals surface area contributed by atoms with Gasteiger partial charge in [0.15, 0.2) is 5.82 Å². The van der Waals surface area contributed by atoms with E-state index in [0.29, 0.717) is 11.5 Å². The second-order valence-corrected chi connectivity index (χ2v) is 11.3. The molecule has 0 aliphatic carbocycles. The van der Waals surface area contributed by atoms with Crippen molar-refractivity contribution in [3.05, 3.63) is 140 Å². The molecule has 210 valence electrons. The number of nitrogens with zero attached hydrogens (tertiary/aromatic N) is 3. The molecule has 4 heterocycles. The van der Waals surface area contributed by atoms with Gasteiger partial charge in [0.25, 0.3) is 0 Å². The number of furan rings is 2. The zero-order valence-electron chi connectivity index (χ0n) is 23.9. The molecule has 0 saturated carbocycles. The normalized spacial score (nSPS) is 12.0. The van der Waals surface area contributed by atoms with Gasteiger partial charge in [-0.25, -0.2) is 4.98 Å². The molecule has 0 aliphatic heterocycles. The number of fused-ring (bicyclic) bond motifs is 10. The fourth-order valence-corrected chi connectivity index (χ4v) is 6.94. The van der Waals surface area contributed by atoms with Gasteiger partial charge in [0.2, 0.25) is 5.71 Å². The van der Waals surface area contributed by atoms with Gasteiger partial charge in [-0.2, -0.15) is 4.98 Å². The van der Waals surface area contributed by atoms with E-state index in [1.54, 1.807) is 0 Å². The molecule has 10 aromatic rings. The summed E-state index contributed by atoms with van der Waals surface area (Å²) in [5.41, 5.74) is 9.00. The number of aromatic nitrogens is 3. The first-order chi connectivity index (χ1) is 22.3. The predicted octanol–water partition coefficient (Wildman–Crippen LogP) is 10.7. The van der Waals surface area contributed by atoms with Gasteiger partial charge in [-0.3, -0.25) is 0 Å². The standard InChI is InChI=1S/C40H23N3O2/c1-3-12-24(13-4-1)37-36-35-33(23-22-27-26-16-7-9-19-30(26)43(38(27)35)25-14-5-2-6-15-25)45-40(36)42-39(41-37)29-18-11-21-32-34(29)28-17-8-10-20-31(28)44-32/h1-23H. The predicted molar refractivity (Wildman–Crippen MR) is 182 cm³/mol. The molecular formula is C40H23N3O2. The molecule has 0 aliphatic rings. The molecule has 10 rings (SSSR count). The van der Waals surface area contributed by atoms with Crippen LogP contribution in [0.4, 0.5) is 0 Å². The molecule has 0 spiro atoms. The van der Waals surface area contributed by atoms with Crippen molar-refractivity contribution in [1.29, 1.82) is 0 Å². The lowest BCUT2D eigenvalue weighted by Gasteiger charge is -2.10. The molecule has 5 nitrogen and oxygen atoms in total. The molecule has 0 unspecified atom stereocenters. The second kappa shape index (κ2) is 9.15. The van der Waals surface area contributed by atoms with Crippen LogP contribution in [0, 0.1) is 0 Å². The molecule has 0 amide bonds. The maximum Gasteiger partial charge on any atom is 0.231 e. The van der Waals surface area contributed by atoms with Crippen LogP contribution in [-0.4, -0.2) is 14.5 Å². The van der Waals surface area contributed by atoms with E-state index in [4.69, 9.17) is 18.8 Å². The summed E-state index contributed by atoms with van der Waals surface area (Å²) in [5.74, 6) is 0.595. The first-order valence-electron chi connectivity index (χ1n) is 15.0. The van der Waals surface area contributed by atoms with Gasteiger partial charge in [-0.05, 0) is 42.5 Å². The SMILES string of the molecule is c1ccc(-c2nc(-c3cccc4oc5ccccc5c34)nc3oc4ccc5c6ccccc6n(-c6ccccc6)c5c4c23)cc1. The Labute approximate surface area is 256 Å². The monoisotopic (exact) mass is 577 g/mol. The third-order valence-electron chi connectivity index (χ3n) is 8.84. The van der Waals surface area contributed by atoms with Crippen molar-refractivity contribution in [2.45, 2.75) is 0 Å². The summed E-state index contributed by atoms with van der Waals surface area (Å²) in [5, 5.41) is 6.27. The van der Waals surface area contributed by atoms with Crippen LogP contribution in [0.2, 0.25) is 0 Å². The highest BCUT2D eigenvalue weighted by Crippen LogP contribution is 2.44. The molecule has 0 atom stereocenters. The van der Waals surface area contributed by atoms with Crippen molar-refractivity contribution in [3.8, 4) is 28.3 Å². The minimum Gasteiger partial charge on any atom is -0.456 e. The van der Waals surface area contributed by atoms with E-state index in [2.05, 4.69) is 89.5 Å². The third kappa shape index (κ3) is 3.43. The van der Waals surface area contributed by atoms with Crippen molar-refractivity contribution >= 4 is 65.8 Å². The number of benzene rings is 6. The molecular weight excluding hydrogens is 554 g/mol. The van der Waals surface area contributed by atoms with Crippen LogP contribution in [-0.2, 0) is 0 Å². The lowest BCUT2D eigenvalue weighted by Crippen LogP contribution is -1.96. The molecule has 45 heavy (non-hydrogen) atoms. The Bertz CT molecular complexity index is 2750. The lowest BCUT2D eigenvalue weighted by molar-refractivity contribution is 0.654. The Morgan fingerprint density at radius 1 is 0.467 bits per heavy atom. The van der Waals surface area contributed by atoms with E-state index in [1.165, 1.54) is 5.39 Å². The van der Waals surface area contributed by atoms with Gasteiger partial charge in [0, 0.05) is 38.4 Å². The number of rotatable bonds is 3. The van der Waals surface area contributed by atoms with Crippen LogP contribution in [0.15, 0.2) is 148 Å². The van der Waals surface area contributed by atoms with Crippen molar-refractivity contribution in [3.63, 3.8) is 0 Å². The van der Waals surface area contributed by atoms with Gasteiger partial charge in [0.05, 0.1) is 27.5 Å². The van der Waals surface area contributed by atoms with E-state index in [-0.39, 0.29) is 0 Å². The maximum atomic E-state index is 6.66. The quantitative estimate of drug-likeness (QED) is 0.210. The average Bonchev–Trinajstić information content (AvgIpc) is 3.78. The van der Waals surface area contributed by atoms with Crippen LogP contribution < -0.4 is 0 Å². The van der Waals surface area contributed by atoms with Crippen LogP contribution in [0.5, 0.6) is 0 Å². The second-order valence-electron chi connectivity index (χ2n) is 11.3. The van der Waals surface area contributed by atoms with Crippen molar-refractivity contribution in [1.82, 2.24) is 14.5 Å². The Kier molecular flexibility index (Phi) is 4.93. The topological polar surface area (TPSA) is 57.0 Å². The Morgan fingerprint density at radius 2 is 1.18 bits per heavy atom. The zero-order valence-corrected chi connectivity index (χ0v) is 23.9. The van der Waals surface area contributed by atoms with Gasteiger partial charge in [-0.15, -0.1) is 0 Å². The minimum absolute atomic E-state index is 0.552. The van der Waals surface area contributed by atoms with E-state index >= 15 is 0 Å². The minimum atomic E-state index is 0.552. The Balaban J connectivity index is 1.38. The molecule has 4 aromatic heterocycles. The molecule has 0 bridgehead atoms. The summed E-state index contributed by atoms with van der Waals surface area (Å²) in [7, 11) is 0. The fraction of sp³-hybridized carbons (Fsp3) is 0. The molecule has 6 aromatic carbocycles. The highest BCUT2D eigenvalue weighted by molar-refractivity contribution is 6.26. The van der Waals surface area contributed by atoms with E-state index in [0.717, 1.165) is 77.2 Å². The molecule has 5 heteroatoms. The lowest BCUT2D eigenvalue weighted by atomic mass is 10.0. The highest BCUT2D eigenvalue weighted by atomic mass is 16.3. The van der Waals surface area contributed by atoms with Gasteiger partial charge >= 0.3 is 0 Å². The van der Waals surface area contributed by atoms with E-state index in [9.17, 15) is 0 Å². The van der Waals surface area contributed by atoms with E-state index in [1.807, 2.05) is 54.6 Å². The summed E-state index contributed by atoms with van der Waals surface area (Å²) < 4.78 is 15.2. The molecule has 0 saturated heterocycles. The van der Waals surface area contributed by atoms with Gasteiger partial charge in [0.1, 0.15) is 16.7 Å². The van der Waals surface area contributed by atoms with Gasteiger partial charge in [-0.1, -0.05) is 97.1 Å². The highest BCUT2D eigenvalue weighted by Gasteiger charge is 2.24. The van der Waals surface area contributed by atoms with Crippen molar-refractivity contribution < 1.29 is 8.83 Å². The molecule has 0 N–H and O–H groups in total. The smallest absolute Gasteiger partial charge is 0.231 e. The van der Waals surface area contributed by atoms with Crippen molar-refractivity contribution in [2.75, 3.05) is 0 Å². The van der Waals surface area contributed by atoms with E-state index < -0.39 is 0 Å². The number of para-hydroxylation sites is 3. The van der Waals surface area contributed by atoms with Crippen LogP contribution in [0.25, 0.3) is 94.1 Å². The summed E-state index contributed by atoms with van der Waals surface area (Å²) >= 11 is 0. The first kappa shape index (κ1) is 24.3. The first-order valence-corrected chi connectivity index (χ1v) is 15.0. The summed E-state index contributed by atoms with van der Waals surface area (Å²) in [6, 6.07) is 47.8. The molecule has 0 radical (unpaired) electrons. The van der Waals surface area contributed by atoms with Crippen LogP contribution >= 0.6 is 0 Å². The summed E-state index contributed by atoms with van der Waals surface area (Å²) in [4.78, 5) is 10.5. The van der Waals surface area contributed by atoms with Crippen LogP contribution in [0.1, 0.15) is 0 Å². The molecule has 0 fully saturated rings.